The first kappa shape index (κ1) is 18.1. The maximum Gasteiger partial charge on any atom is 0.133 e. The van der Waals surface area contributed by atoms with Gasteiger partial charge in [0, 0.05) is 22.1 Å². The summed E-state index contributed by atoms with van der Waals surface area (Å²) in [6.45, 7) is 3.16. The summed E-state index contributed by atoms with van der Waals surface area (Å²) in [4.78, 5) is 0. The Balaban J connectivity index is 1.97. The van der Waals surface area contributed by atoms with Gasteiger partial charge in [-0.1, -0.05) is 41.1 Å². The van der Waals surface area contributed by atoms with Gasteiger partial charge < -0.3 is 10.1 Å². The molecule has 0 radical (unpaired) electrons. The highest BCUT2D eigenvalue weighted by Crippen LogP contribution is 2.39. The van der Waals surface area contributed by atoms with Crippen molar-refractivity contribution >= 4 is 21.7 Å². The van der Waals surface area contributed by atoms with Crippen molar-refractivity contribution < 1.29 is 4.74 Å². The standard InChI is InChI=1S/C22H24BrN3O/c1-3-15-8-4-5-10-19(15)26-22-17(9-6-7-13-24-22)21(25-26)18-14-16(23)11-12-20(18)27-2/h4-5,8,10-12,14,24H,3,6-7,9,13H2,1-2H3. The van der Waals surface area contributed by atoms with Crippen LogP contribution in [-0.2, 0) is 12.8 Å². The first-order valence-corrected chi connectivity index (χ1v) is 10.3. The number of nitrogens with zero attached hydrogens (tertiary/aromatic N) is 2. The fourth-order valence-electron chi connectivity index (χ4n) is 3.77. The molecule has 0 saturated carbocycles. The number of aryl methyl sites for hydroxylation is 1. The zero-order chi connectivity index (χ0) is 18.8. The normalized spacial score (nSPS) is 13.6. The van der Waals surface area contributed by atoms with Crippen LogP contribution in [0.15, 0.2) is 46.9 Å². The molecular formula is C22H24BrN3O. The monoisotopic (exact) mass is 425 g/mol. The molecule has 4 rings (SSSR count). The van der Waals surface area contributed by atoms with Crippen LogP contribution in [0.3, 0.4) is 0 Å². The fraction of sp³-hybridized carbons (Fsp3) is 0.318. The Morgan fingerprint density at radius 1 is 1.19 bits per heavy atom. The second-order valence-corrected chi connectivity index (χ2v) is 7.71. The lowest BCUT2D eigenvalue weighted by molar-refractivity contribution is 0.416. The van der Waals surface area contributed by atoms with Crippen molar-refractivity contribution in [1.29, 1.82) is 0 Å². The van der Waals surface area contributed by atoms with Crippen LogP contribution in [0.25, 0.3) is 16.9 Å². The molecule has 4 nitrogen and oxygen atoms in total. The van der Waals surface area contributed by atoms with E-state index in [4.69, 9.17) is 9.84 Å². The third-order valence-corrected chi connectivity index (χ3v) is 5.64. The number of methoxy groups -OCH3 is 1. The maximum absolute atomic E-state index is 5.65. The van der Waals surface area contributed by atoms with Gasteiger partial charge in [-0.3, -0.25) is 0 Å². The quantitative estimate of drug-likeness (QED) is 0.589. The Kier molecular flexibility index (Phi) is 5.21. The third kappa shape index (κ3) is 3.36. The van der Waals surface area contributed by atoms with E-state index in [9.17, 15) is 0 Å². The van der Waals surface area contributed by atoms with Crippen LogP contribution in [0.4, 0.5) is 5.82 Å². The van der Waals surface area contributed by atoms with Gasteiger partial charge in [0.15, 0.2) is 0 Å². The molecule has 0 bridgehead atoms. The van der Waals surface area contributed by atoms with E-state index in [0.717, 1.165) is 58.8 Å². The SMILES string of the molecule is CCc1ccccc1-n1nc(-c2cc(Br)ccc2OC)c2c1NCCCC2. The van der Waals surface area contributed by atoms with Gasteiger partial charge in [0.2, 0.25) is 0 Å². The second-order valence-electron chi connectivity index (χ2n) is 6.80. The van der Waals surface area contributed by atoms with Crippen molar-refractivity contribution in [2.75, 3.05) is 19.0 Å². The zero-order valence-electron chi connectivity index (χ0n) is 15.8. The van der Waals surface area contributed by atoms with Crippen LogP contribution in [0.1, 0.15) is 30.9 Å². The van der Waals surface area contributed by atoms with Gasteiger partial charge in [-0.2, -0.15) is 5.10 Å². The molecule has 0 saturated heterocycles. The summed E-state index contributed by atoms with van der Waals surface area (Å²) in [5, 5.41) is 8.72. The number of para-hydroxylation sites is 1. The molecule has 0 fully saturated rings. The van der Waals surface area contributed by atoms with Gasteiger partial charge in [-0.25, -0.2) is 4.68 Å². The van der Waals surface area contributed by atoms with Crippen LogP contribution < -0.4 is 10.1 Å². The predicted octanol–water partition coefficient (Wildman–Crippen LogP) is 5.62. The van der Waals surface area contributed by atoms with Crippen molar-refractivity contribution in [2.24, 2.45) is 0 Å². The number of ether oxygens (including phenoxy) is 1. The van der Waals surface area contributed by atoms with Gasteiger partial charge in [0.25, 0.3) is 0 Å². The Bertz CT molecular complexity index is 964. The first-order chi connectivity index (χ1) is 13.2. The van der Waals surface area contributed by atoms with Crippen LogP contribution in [0.2, 0.25) is 0 Å². The lowest BCUT2D eigenvalue weighted by atomic mass is 10.0. The van der Waals surface area contributed by atoms with Gasteiger partial charge in [0.1, 0.15) is 17.3 Å². The van der Waals surface area contributed by atoms with E-state index < -0.39 is 0 Å². The number of aromatic nitrogens is 2. The molecule has 2 aromatic carbocycles. The number of fused-ring (bicyclic) bond motifs is 1. The van der Waals surface area contributed by atoms with Gasteiger partial charge in [-0.15, -0.1) is 0 Å². The topological polar surface area (TPSA) is 39.1 Å². The third-order valence-electron chi connectivity index (χ3n) is 5.15. The number of hydrogen-bond donors (Lipinski definition) is 1. The molecule has 1 N–H and O–H groups in total. The van der Waals surface area contributed by atoms with Gasteiger partial charge >= 0.3 is 0 Å². The molecule has 2 heterocycles. The highest BCUT2D eigenvalue weighted by molar-refractivity contribution is 9.10. The molecule has 0 spiro atoms. The summed E-state index contributed by atoms with van der Waals surface area (Å²) in [7, 11) is 1.72. The number of benzene rings is 2. The molecule has 1 aliphatic rings. The molecule has 27 heavy (non-hydrogen) atoms. The molecule has 0 aliphatic carbocycles. The molecule has 140 valence electrons. The Morgan fingerprint density at radius 2 is 2.04 bits per heavy atom. The van der Waals surface area contributed by atoms with Crippen LogP contribution in [0, 0.1) is 0 Å². The zero-order valence-corrected chi connectivity index (χ0v) is 17.3. The molecule has 3 aromatic rings. The number of halogens is 1. The van der Waals surface area contributed by atoms with E-state index in [0.29, 0.717) is 0 Å². The summed E-state index contributed by atoms with van der Waals surface area (Å²) < 4.78 is 8.76. The molecule has 0 amide bonds. The van der Waals surface area contributed by atoms with Crippen molar-refractivity contribution in [1.82, 2.24) is 9.78 Å². The molecule has 1 aromatic heterocycles. The molecule has 1 aliphatic heterocycles. The summed E-state index contributed by atoms with van der Waals surface area (Å²) in [5.74, 6) is 1.96. The highest BCUT2D eigenvalue weighted by Gasteiger charge is 2.24. The van der Waals surface area contributed by atoms with Gasteiger partial charge in [-0.05, 0) is 55.5 Å². The number of rotatable bonds is 4. The van der Waals surface area contributed by atoms with Crippen LogP contribution in [-0.4, -0.2) is 23.4 Å². The minimum atomic E-state index is 0.846. The van der Waals surface area contributed by atoms with E-state index >= 15 is 0 Å². The molecule has 5 heteroatoms. The predicted molar refractivity (Wildman–Crippen MR) is 114 cm³/mol. The average molecular weight is 426 g/mol. The lowest BCUT2D eigenvalue weighted by Gasteiger charge is -2.12. The lowest BCUT2D eigenvalue weighted by Crippen LogP contribution is -2.08. The van der Waals surface area contributed by atoms with Crippen LogP contribution in [0.5, 0.6) is 5.75 Å². The highest BCUT2D eigenvalue weighted by atomic mass is 79.9. The van der Waals surface area contributed by atoms with Crippen molar-refractivity contribution in [3.63, 3.8) is 0 Å². The molecule has 0 atom stereocenters. The largest absolute Gasteiger partial charge is 0.496 e. The Hall–Kier alpha value is -2.27. The van der Waals surface area contributed by atoms with Crippen LogP contribution >= 0.6 is 15.9 Å². The van der Waals surface area contributed by atoms with Crippen molar-refractivity contribution in [3.8, 4) is 22.7 Å². The Labute approximate surface area is 168 Å². The van der Waals surface area contributed by atoms with Gasteiger partial charge in [0.05, 0.1) is 12.8 Å². The molecular weight excluding hydrogens is 402 g/mol. The Morgan fingerprint density at radius 3 is 2.85 bits per heavy atom. The van der Waals surface area contributed by atoms with E-state index in [1.165, 1.54) is 17.5 Å². The van der Waals surface area contributed by atoms with E-state index in [-0.39, 0.29) is 0 Å². The number of hydrogen-bond acceptors (Lipinski definition) is 3. The summed E-state index contributed by atoms with van der Waals surface area (Å²) in [6, 6.07) is 14.6. The molecule has 0 unspecified atom stereocenters. The summed E-state index contributed by atoms with van der Waals surface area (Å²) in [5.41, 5.74) is 5.74. The van der Waals surface area contributed by atoms with Crippen molar-refractivity contribution in [2.45, 2.75) is 32.6 Å². The number of anilines is 1. The second kappa shape index (κ2) is 7.77. The minimum Gasteiger partial charge on any atom is -0.496 e. The minimum absolute atomic E-state index is 0.846. The van der Waals surface area contributed by atoms with E-state index in [1.807, 2.05) is 12.1 Å². The fourth-order valence-corrected chi connectivity index (χ4v) is 4.14. The van der Waals surface area contributed by atoms with E-state index in [2.05, 4.69) is 63.2 Å². The average Bonchev–Trinajstić information content (AvgIpc) is 2.88. The summed E-state index contributed by atoms with van der Waals surface area (Å²) in [6.07, 6.45) is 4.31. The van der Waals surface area contributed by atoms with Crippen molar-refractivity contribution in [3.05, 3.63) is 58.1 Å². The van der Waals surface area contributed by atoms with E-state index in [1.54, 1.807) is 7.11 Å². The smallest absolute Gasteiger partial charge is 0.133 e. The first-order valence-electron chi connectivity index (χ1n) is 9.51. The number of nitrogens with one attached hydrogen (secondary N) is 1. The maximum atomic E-state index is 5.65. The summed E-state index contributed by atoms with van der Waals surface area (Å²) >= 11 is 3.60.